The number of nitrogens with one attached hydrogen (secondary N) is 2. The zero-order chi connectivity index (χ0) is 16.7. The smallest absolute Gasteiger partial charge is 0.248 e. The highest BCUT2D eigenvalue weighted by Crippen LogP contribution is 2.22. The molecule has 2 amide bonds. The summed E-state index contributed by atoms with van der Waals surface area (Å²) in [5.74, 6) is 1.23. The zero-order valence-electron chi connectivity index (χ0n) is 14.9. The average Bonchev–Trinajstić information content (AvgIpc) is 2.56. The van der Waals surface area contributed by atoms with Crippen LogP contribution in [0.25, 0.3) is 0 Å². The lowest BCUT2D eigenvalue weighted by Gasteiger charge is -2.33. The quantitative estimate of drug-likeness (QED) is 0.745. The summed E-state index contributed by atoms with van der Waals surface area (Å²) >= 11 is 0. The molecule has 2 aliphatic rings. The Morgan fingerprint density at radius 2 is 2.00 bits per heavy atom. The van der Waals surface area contributed by atoms with E-state index in [2.05, 4.69) is 17.6 Å². The first-order valence-electron chi connectivity index (χ1n) is 8.87. The third kappa shape index (κ3) is 6.57. The summed E-state index contributed by atoms with van der Waals surface area (Å²) in [5, 5.41) is 6.57. The van der Waals surface area contributed by atoms with E-state index in [4.69, 9.17) is 4.74 Å². The topological polar surface area (TPSA) is 70.7 Å². The maximum absolute atomic E-state index is 12.3. The van der Waals surface area contributed by atoms with E-state index in [-0.39, 0.29) is 36.9 Å². The van der Waals surface area contributed by atoms with Gasteiger partial charge in [-0.15, -0.1) is 12.4 Å². The van der Waals surface area contributed by atoms with Crippen molar-refractivity contribution in [2.75, 3.05) is 39.9 Å². The minimum Gasteiger partial charge on any atom is -0.375 e. The summed E-state index contributed by atoms with van der Waals surface area (Å²) in [7, 11) is 1.54. The summed E-state index contributed by atoms with van der Waals surface area (Å²) in [5.41, 5.74) is 0. The molecule has 7 heteroatoms. The minimum absolute atomic E-state index is 0. The number of nitrogens with zero attached hydrogens (tertiary/aromatic N) is 1. The maximum Gasteiger partial charge on any atom is 0.248 e. The molecule has 2 aliphatic heterocycles. The second kappa shape index (κ2) is 10.9. The molecule has 2 fully saturated rings. The monoisotopic (exact) mass is 361 g/mol. The molecule has 2 heterocycles. The molecule has 2 atom stereocenters. The standard InChI is InChI=1S/C17H31N3O3.ClH/c1-13(14-4-3-7-18-11-14)10-16(21)19-15-5-8-20(9-6-15)17(22)12-23-2;/h13-15,18H,3-12H2,1-2H3,(H,19,21);1H. The van der Waals surface area contributed by atoms with Gasteiger partial charge >= 0.3 is 0 Å². The normalized spacial score (nSPS) is 23.2. The lowest BCUT2D eigenvalue weighted by molar-refractivity contribution is -0.136. The highest BCUT2D eigenvalue weighted by atomic mass is 35.5. The van der Waals surface area contributed by atoms with E-state index >= 15 is 0 Å². The van der Waals surface area contributed by atoms with Gasteiger partial charge in [-0.25, -0.2) is 0 Å². The van der Waals surface area contributed by atoms with Gasteiger partial charge in [0.15, 0.2) is 0 Å². The first-order valence-corrected chi connectivity index (χ1v) is 8.87. The van der Waals surface area contributed by atoms with Crippen LogP contribution in [0.3, 0.4) is 0 Å². The van der Waals surface area contributed by atoms with Gasteiger partial charge in [-0.1, -0.05) is 6.92 Å². The van der Waals surface area contributed by atoms with Gasteiger partial charge in [0.05, 0.1) is 0 Å². The molecule has 0 saturated carbocycles. The lowest BCUT2D eigenvalue weighted by atomic mass is 9.85. The summed E-state index contributed by atoms with van der Waals surface area (Å²) in [6, 6.07) is 0.200. The van der Waals surface area contributed by atoms with E-state index in [1.54, 1.807) is 0 Å². The Bertz CT molecular complexity index is 395. The molecule has 0 radical (unpaired) electrons. The van der Waals surface area contributed by atoms with Crippen LogP contribution in [0.1, 0.15) is 39.0 Å². The van der Waals surface area contributed by atoms with E-state index in [1.807, 2.05) is 4.90 Å². The SMILES string of the molecule is COCC(=O)N1CCC(NC(=O)CC(C)C2CCCNC2)CC1.Cl. The molecule has 2 rings (SSSR count). The van der Waals surface area contributed by atoms with Crippen molar-refractivity contribution >= 4 is 24.2 Å². The Labute approximate surface area is 151 Å². The van der Waals surface area contributed by atoms with Crippen molar-refractivity contribution in [2.24, 2.45) is 11.8 Å². The number of hydrogen-bond acceptors (Lipinski definition) is 4. The summed E-state index contributed by atoms with van der Waals surface area (Å²) in [6.45, 7) is 5.88. The van der Waals surface area contributed by atoms with Gasteiger partial charge < -0.3 is 20.3 Å². The Hall–Kier alpha value is -0.850. The number of ether oxygens (including phenoxy) is 1. The fraction of sp³-hybridized carbons (Fsp3) is 0.882. The molecule has 0 aliphatic carbocycles. The summed E-state index contributed by atoms with van der Waals surface area (Å²) in [6.07, 6.45) is 4.71. The van der Waals surface area contributed by atoms with Crippen molar-refractivity contribution in [1.29, 1.82) is 0 Å². The summed E-state index contributed by atoms with van der Waals surface area (Å²) in [4.78, 5) is 25.8. The molecular weight excluding hydrogens is 330 g/mol. The first kappa shape index (κ1) is 21.2. The number of halogens is 1. The predicted octanol–water partition coefficient (Wildman–Crippen LogP) is 1.19. The molecule has 2 unspecified atom stereocenters. The molecule has 0 aromatic rings. The third-order valence-electron chi connectivity index (χ3n) is 5.13. The highest BCUT2D eigenvalue weighted by molar-refractivity contribution is 5.85. The second-order valence-corrected chi connectivity index (χ2v) is 6.94. The van der Waals surface area contributed by atoms with Gasteiger partial charge in [-0.3, -0.25) is 9.59 Å². The van der Waals surface area contributed by atoms with Crippen molar-refractivity contribution in [1.82, 2.24) is 15.5 Å². The van der Waals surface area contributed by atoms with Gasteiger partial charge in [0.1, 0.15) is 6.61 Å². The number of carbonyl (C=O) groups excluding carboxylic acids is 2. The Balaban J connectivity index is 0.00000288. The summed E-state index contributed by atoms with van der Waals surface area (Å²) < 4.78 is 4.88. The van der Waals surface area contributed by atoms with Crippen LogP contribution in [0.2, 0.25) is 0 Å². The molecule has 2 N–H and O–H groups in total. The maximum atomic E-state index is 12.3. The van der Waals surface area contributed by atoms with Crippen LogP contribution < -0.4 is 10.6 Å². The lowest BCUT2D eigenvalue weighted by Crippen LogP contribution is -2.47. The second-order valence-electron chi connectivity index (χ2n) is 6.94. The van der Waals surface area contributed by atoms with Crippen LogP contribution in [0.15, 0.2) is 0 Å². The van der Waals surface area contributed by atoms with Gasteiger partial charge in [0.2, 0.25) is 11.8 Å². The molecule has 2 saturated heterocycles. The minimum atomic E-state index is 0. The Morgan fingerprint density at radius 3 is 2.58 bits per heavy atom. The van der Waals surface area contributed by atoms with Crippen LogP contribution in [0.4, 0.5) is 0 Å². The van der Waals surface area contributed by atoms with Crippen LogP contribution >= 0.6 is 12.4 Å². The zero-order valence-corrected chi connectivity index (χ0v) is 15.7. The van der Waals surface area contributed by atoms with Gasteiger partial charge in [-0.05, 0) is 50.6 Å². The van der Waals surface area contributed by atoms with Gasteiger partial charge in [-0.2, -0.15) is 0 Å². The van der Waals surface area contributed by atoms with E-state index in [9.17, 15) is 9.59 Å². The van der Waals surface area contributed by atoms with Gasteiger partial charge in [0, 0.05) is 32.7 Å². The molecule has 0 aromatic carbocycles. The first-order chi connectivity index (χ1) is 11.1. The van der Waals surface area contributed by atoms with Crippen molar-refractivity contribution in [3.8, 4) is 0 Å². The molecule has 6 nitrogen and oxygen atoms in total. The molecule has 140 valence electrons. The largest absolute Gasteiger partial charge is 0.375 e. The fourth-order valence-corrected chi connectivity index (χ4v) is 3.60. The van der Waals surface area contributed by atoms with Crippen molar-refractivity contribution in [2.45, 2.75) is 45.1 Å². The number of hydrogen-bond donors (Lipinski definition) is 2. The average molecular weight is 362 g/mol. The van der Waals surface area contributed by atoms with Crippen molar-refractivity contribution < 1.29 is 14.3 Å². The Morgan fingerprint density at radius 1 is 1.29 bits per heavy atom. The van der Waals surface area contributed by atoms with Crippen molar-refractivity contribution in [3.05, 3.63) is 0 Å². The van der Waals surface area contributed by atoms with Crippen LogP contribution in [0.5, 0.6) is 0 Å². The van der Waals surface area contributed by atoms with E-state index < -0.39 is 0 Å². The van der Waals surface area contributed by atoms with E-state index in [1.165, 1.54) is 20.0 Å². The van der Waals surface area contributed by atoms with Crippen LogP contribution in [-0.4, -0.2) is 62.7 Å². The fourth-order valence-electron chi connectivity index (χ4n) is 3.60. The van der Waals surface area contributed by atoms with Crippen molar-refractivity contribution in [3.63, 3.8) is 0 Å². The number of carbonyl (C=O) groups is 2. The highest BCUT2D eigenvalue weighted by Gasteiger charge is 2.26. The number of piperidine rings is 2. The third-order valence-corrected chi connectivity index (χ3v) is 5.13. The molecule has 0 aromatic heterocycles. The number of rotatable bonds is 6. The number of amides is 2. The van der Waals surface area contributed by atoms with E-state index in [0.717, 1.165) is 25.9 Å². The Kier molecular flexibility index (Phi) is 9.63. The predicted molar refractivity (Wildman–Crippen MR) is 96.2 cm³/mol. The van der Waals surface area contributed by atoms with E-state index in [0.29, 0.717) is 31.3 Å². The molecule has 24 heavy (non-hydrogen) atoms. The molecule has 0 bridgehead atoms. The van der Waals surface area contributed by atoms with Crippen LogP contribution in [0, 0.1) is 11.8 Å². The van der Waals surface area contributed by atoms with Gasteiger partial charge in [0.25, 0.3) is 0 Å². The molecule has 0 spiro atoms. The number of methoxy groups -OCH3 is 1. The van der Waals surface area contributed by atoms with Crippen LogP contribution in [-0.2, 0) is 14.3 Å². The number of likely N-dealkylation sites (tertiary alicyclic amines) is 1. The molecular formula is C17H32ClN3O3.